The van der Waals surface area contributed by atoms with Crippen LogP contribution in [-0.2, 0) is 14.3 Å². The Labute approximate surface area is 139 Å². The van der Waals surface area contributed by atoms with Gasteiger partial charge in [0.05, 0.1) is 5.60 Å². The smallest absolute Gasteiger partial charge is 0.313 e. The maximum absolute atomic E-state index is 12.0. The highest BCUT2D eigenvalue weighted by Crippen LogP contribution is 2.32. The predicted octanol–water partition coefficient (Wildman–Crippen LogP) is 0.0540. The highest BCUT2D eigenvalue weighted by molar-refractivity contribution is 6.39. The van der Waals surface area contributed by atoms with Crippen LogP contribution in [0.25, 0.3) is 0 Å². The molecule has 3 N–H and O–H groups in total. The maximum atomic E-state index is 12.0. The maximum Gasteiger partial charge on any atom is 0.313 e. The first-order valence-electron chi connectivity index (χ1n) is 7.85. The molecule has 0 radical (unpaired) electrons. The fraction of sp³-hybridized carbons (Fsp3) is 0.500. The molecule has 0 aliphatic carbocycles. The molecule has 2 aliphatic rings. The van der Waals surface area contributed by atoms with Crippen LogP contribution in [0.4, 0.5) is 5.69 Å². The largest absolute Gasteiger partial charge is 0.486 e. The van der Waals surface area contributed by atoms with Crippen molar-refractivity contribution < 1.29 is 28.9 Å². The number of rotatable bonds is 3. The van der Waals surface area contributed by atoms with E-state index >= 15 is 0 Å². The summed E-state index contributed by atoms with van der Waals surface area (Å²) in [6, 6.07) is 4.91. The van der Waals surface area contributed by atoms with E-state index in [0.29, 0.717) is 56.5 Å². The Kier molecular flexibility index (Phi) is 4.86. The van der Waals surface area contributed by atoms with Gasteiger partial charge in [-0.05, 0) is 12.1 Å². The molecule has 1 aromatic rings. The fourth-order valence-electron chi connectivity index (χ4n) is 2.56. The molecule has 0 unspecified atom stereocenters. The van der Waals surface area contributed by atoms with Crippen LogP contribution in [0.1, 0.15) is 12.8 Å². The number of carbonyl (C=O) groups excluding carboxylic acids is 2. The van der Waals surface area contributed by atoms with Gasteiger partial charge in [0.15, 0.2) is 11.5 Å². The molecule has 3 rings (SSSR count). The monoisotopic (exact) mass is 336 g/mol. The number of anilines is 1. The predicted molar refractivity (Wildman–Crippen MR) is 84.1 cm³/mol. The first-order valence-corrected chi connectivity index (χ1v) is 7.85. The van der Waals surface area contributed by atoms with E-state index in [-0.39, 0.29) is 6.54 Å². The molecule has 0 aromatic heterocycles. The molecule has 1 fully saturated rings. The number of hydrogen-bond donors (Lipinski definition) is 3. The Hall–Kier alpha value is -2.32. The Balaban J connectivity index is 1.53. The lowest BCUT2D eigenvalue weighted by atomic mass is 9.94. The molecule has 0 bridgehead atoms. The van der Waals surface area contributed by atoms with Crippen LogP contribution in [0, 0.1) is 0 Å². The summed E-state index contributed by atoms with van der Waals surface area (Å²) in [5.74, 6) is -0.478. The quantitative estimate of drug-likeness (QED) is 0.674. The number of aliphatic hydroxyl groups is 1. The number of fused-ring (bicyclic) bond motifs is 1. The summed E-state index contributed by atoms with van der Waals surface area (Å²) < 4.78 is 16.0. The third-order valence-corrected chi connectivity index (χ3v) is 4.01. The zero-order chi connectivity index (χ0) is 17.0. The highest BCUT2D eigenvalue weighted by atomic mass is 16.6. The summed E-state index contributed by atoms with van der Waals surface area (Å²) in [5, 5.41) is 15.2. The van der Waals surface area contributed by atoms with E-state index in [4.69, 9.17) is 14.2 Å². The van der Waals surface area contributed by atoms with Crippen molar-refractivity contribution in [3.63, 3.8) is 0 Å². The first-order chi connectivity index (χ1) is 11.6. The second-order valence-electron chi connectivity index (χ2n) is 5.83. The molecule has 2 aliphatic heterocycles. The van der Waals surface area contributed by atoms with Gasteiger partial charge in [0.2, 0.25) is 0 Å². The van der Waals surface area contributed by atoms with Crippen LogP contribution in [0.5, 0.6) is 11.5 Å². The minimum absolute atomic E-state index is 0.0176. The summed E-state index contributed by atoms with van der Waals surface area (Å²) in [6.07, 6.45) is 0.855. The van der Waals surface area contributed by atoms with Gasteiger partial charge in [-0.15, -0.1) is 0 Å². The molecule has 1 saturated heterocycles. The average Bonchev–Trinajstić information content (AvgIpc) is 2.60. The molecule has 2 amide bonds. The number of nitrogens with one attached hydrogen (secondary N) is 2. The van der Waals surface area contributed by atoms with Gasteiger partial charge in [0, 0.05) is 44.4 Å². The van der Waals surface area contributed by atoms with Gasteiger partial charge in [0.1, 0.15) is 13.2 Å². The van der Waals surface area contributed by atoms with Crippen molar-refractivity contribution in [2.24, 2.45) is 0 Å². The summed E-state index contributed by atoms with van der Waals surface area (Å²) >= 11 is 0. The fourth-order valence-corrected chi connectivity index (χ4v) is 2.56. The molecule has 8 heteroatoms. The lowest BCUT2D eigenvalue weighted by molar-refractivity contribution is -0.137. The zero-order valence-corrected chi connectivity index (χ0v) is 13.2. The van der Waals surface area contributed by atoms with Gasteiger partial charge in [-0.25, -0.2) is 0 Å². The topological polar surface area (TPSA) is 106 Å². The summed E-state index contributed by atoms with van der Waals surface area (Å²) in [4.78, 5) is 23.9. The molecular formula is C16H20N2O6. The number of amides is 2. The van der Waals surface area contributed by atoms with Crippen molar-refractivity contribution in [3.8, 4) is 11.5 Å². The molecule has 1 aromatic carbocycles. The van der Waals surface area contributed by atoms with Gasteiger partial charge in [0.25, 0.3) is 0 Å². The SMILES string of the molecule is O=C(NCC1(O)CCOCC1)C(=O)Nc1ccc2c(c1)OCCO2. The Morgan fingerprint density at radius 1 is 1.04 bits per heavy atom. The van der Waals surface area contributed by atoms with E-state index in [2.05, 4.69) is 10.6 Å². The minimum atomic E-state index is -1.02. The number of hydrogen-bond acceptors (Lipinski definition) is 6. The second-order valence-corrected chi connectivity index (χ2v) is 5.83. The molecule has 130 valence electrons. The van der Waals surface area contributed by atoms with Crippen LogP contribution in [-0.4, -0.2) is 55.5 Å². The Bertz CT molecular complexity index is 627. The van der Waals surface area contributed by atoms with E-state index in [9.17, 15) is 14.7 Å². The van der Waals surface area contributed by atoms with Crippen molar-refractivity contribution in [2.45, 2.75) is 18.4 Å². The van der Waals surface area contributed by atoms with E-state index in [1.54, 1.807) is 18.2 Å². The first kappa shape index (κ1) is 16.5. The normalized spacial score (nSPS) is 18.5. The number of carbonyl (C=O) groups is 2. The Morgan fingerprint density at radius 3 is 2.50 bits per heavy atom. The van der Waals surface area contributed by atoms with Crippen molar-refractivity contribution >= 4 is 17.5 Å². The summed E-state index contributed by atoms with van der Waals surface area (Å²) in [6.45, 7) is 1.82. The van der Waals surface area contributed by atoms with Crippen LogP contribution in [0.3, 0.4) is 0 Å². The molecule has 0 atom stereocenters. The van der Waals surface area contributed by atoms with Gasteiger partial charge in [-0.3, -0.25) is 9.59 Å². The zero-order valence-electron chi connectivity index (χ0n) is 13.2. The number of ether oxygens (including phenoxy) is 3. The molecule has 0 saturated carbocycles. The van der Waals surface area contributed by atoms with Crippen LogP contribution in [0.2, 0.25) is 0 Å². The molecule has 8 nitrogen and oxygen atoms in total. The van der Waals surface area contributed by atoms with Gasteiger partial charge in [-0.1, -0.05) is 0 Å². The van der Waals surface area contributed by atoms with E-state index in [1.165, 1.54) is 0 Å². The van der Waals surface area contributed by atoms with Crippen molar-refractivity contribution in [1.29, 1.82) is 0 Å². The van der Waals surface area contributed by atoms with E-state index in [0.717, 1.165) is 0 Å². The Morgan fingerprint density at radius 2 is 1.75 bits per heavy atom. The van der Waals surface area contributed by atoms with Crippen LogP contribution < -0.4 is 20.1 Å². The molecule has 0 spiro atoms. The van der Waals surface area contributed by atoms with Gasteiger partial charge >= 0.3 is 11.8 Å². The average molecular weight is 336 g/mol. The lowest BCUT2D eigenvalue weighted by Gasteiger charge is -2.31. The van der Waals surface area contributed by atoms with Crippen LogP contribution >= 0.6 is 0 Å². The second kappa shape index (κ2) is 7.06. The third kappa shape index (κ3) is 3.95. The summed E-state index contributed by atoms with van der Waals surface area (Å²) in [7, 11) is 0. The van der Waals surface area contributed by atoms with Crippen molar-refractivity contribution in [2.75, 3.05) is 38.3 Å². The number of benzene rings is 1. The minimum Gasteiger partial charge on any atom is -0.486 e. The van der Waals surface area contributed by atoms with Crippen LogP contribution in [0.15, 0.2) is 18.2 Å². The molecule has 24 heavy (non-hydrogen) atoms. The van der Waals surface area contributed by atoms with Crippen molar-refractivity contribution in [3.05, 3.63) is 18.2 Å². The third-order valence-electron chi connectivity index (χ3n) is 4.01. The van der Waals surface area contributed by atoms with Gasteiger partial charge < -0.3 is 30.0 Å². The lowest BCUT2D eigenvalue weighted by Crippen LogP contribution is -2.48. The van der Waals surface area contributed by atoms with E-state index < -0.39 is 17.4 Å². The highest BCUT2D eigenvalue weighted by Gasteiger charge is 2.31. The van der Waals surface area contributed by atoms with E-state index in [1.807, 2.05) is 0 Å². The molecular weight excluding hydrogens is 316 g/mol. The van der Waals surface area contributed by atoms with Gasteiger partial charge in [-0.2, -0.15) is 0 Å². The molecule has 2 heterocycles. The standard InChI is InChI=1S/C16H20N2O6/c19-14(17-10-16(21)3-5-22-6-4-16)15(20)18-11-1-2-12-13(9-11)24-8-7-23-12/h1-2,9,21H,3-8,10H2,(H,17,19)(H,18,20). The van der Waals surface area contributed by atoms with Crippen molar-refractivity contribution in [1.82, 2.24) is 5.32 Å². The summed E-state index contributed by atoms with van der Waals surface area (Å²) in [5.41, 5.74) is -0.588.